The third-order valence-electron chi connectivity index (χ3n) is 5.71. The highest BCUT2D eigenvalue weighted by Gasteiger charge is 2.29. The van der Waals surface area contributed by atoms with Crippen LogP contribution in [0.5, 0.6) is 0 Å². The summed E-state index contributed by atoms with van der Waals surface area (Å²) in [5, 5.41) is 4.38. The van der Waals surface area contributed by atoms with Crippen LogP contribution in [-0.2, 0) is 5.54 Å². The van der Waals surface area contributed by atoms with Crippen molar-refractivity contribution in [2.24, 2.45) is 0 Å². The predicted octanol–water partition coefficient (Wildman–Crippen LogP) is 4.19. The lowest BCUT2D eigenvalue weighted by Gasteiger charge is -2.39. The summed E-state index contributed by atoms with van der Waals surface area (Å²) in [5.74, 6) is 0.0705. The average Bonchev–Trinajstić information content (AvgIpc) is 3.27. The average molecular weight is 403 g/mol. The van der Waals surface area contributed by atoms with E-state index in [0.29, 0.717) is 5.56 Å². The minimum atomic E-state index is -0.129. The first-order valence-electron chi connectivity index (χ1n) is 10.6. The van der Waals surface area contributed by atoms with E-state index in [4.69, 9.17) is 0 Å². The second-order valence-electron chi connectivity index (χ2n) is 8.90. The molecule has 0 spiro atoms. The molecule has 0 unspecified atom stereocenters. The number of piperazine rings is 1. The smallest absolute Gasteiger partial charge is 0.257 e. The zero-order chi connectivity index (χ0) is 21.1. The van der Waals surface area contributed by atoms with Gasteiger partial charge in [0, 0.05) is 32.4 Å². The Bertz CT molecular complexity index is 928. The highest BCUT2D eigenvalue weighted by atomic mass is 16.2. The molecule has 1 fully saturated rings. The molecule has 4 rings (SSSR count). The summed E-state index contributed by atoms with van der Waals surface area (Å²) in [6.07, 6.45) is 3.56. The van der Waals surface area contributed by atoms with Gasteiger partial charge in [0.05, 0.1) is 23.3 Å². The Morgan fingerprint density at radius 2 is 1.40 bits per heavy atom. The summed E-state index contributed by atoms with van der Waals surface area (Å²) in [5.41, 5.74) is 3.11. The lowest BCUT2D eigenvalue weighted by atomic mass is 9.96. The Hall–Kier alpha value is -2.92. The van der Waals surface area contributed by atoms with E-state index in [0.717, 1.165) is 26.2 Å². The van der Waals surface area contributed by atoms with E-state index in [-0.39, 0.29) is 17.5 Å². The minimum absolute atomic E-state index is 0.0705. The molecule has 0 bridgehead atoms. The zero-order valence-corrected chi connectivity index (χ0v) is 18.0. The summed E-state index contributed by atoms with van der Waals surface area (Å²) in [4.78, 5) is 17.4. The molecule has 5 nitrogen and oxygen atoms in total. The van der Waals surface area contributed by atoms with Crippen molar-refractivity contribution >= 4 is 5.91 Å². The summed E-state index contributed by atoms with van der Waals surface area (Å²) in [6.45, 7) is 9.37. The molecule has 0 aliphatic carbocycles. The lowest BCUT2D eigenvalue weighted by molar-refractivity contribution is 0.0597. The van der Waals surface area contributed by atoms with Crippen LogP contribution in [0, 0.1) is 0 Å². The lowest BCUT2D eigenvalue weighted by Crippen LogP contribution is -2.49. The molecule has 30 heavy (non-hydrogen) atoms. The molecule has 1 aliphatic heterocycles. The molecule has 0 radical (unpaired) electrons. The number of amides is 1. The van der Waals surface area contributed by atoms with Gasteiger partial charge in [-0.3, -0.25) is 14.4 Å². The maximum Gasteiger partial charge on any atom is 0.257 e. The number of carbonyl (C=O) groups is 1. The van der Waals surface area contributed by atoms with E-state index < -0.39 is 0 Å². The van der Waals surface area contributed by atoms with Crippen molar-refractivity contribution < 1.29 is 4.79 Å². The van der Waals surface area contributed by atoms with Crippen molar-refractivity contribution in [3.05, 3.63) is 89.7 Å². The van der Waals surface area contributed by atoms with Gasteiger partial charge in [-0.2, -0.15) is 5.10 Å². The monoisotopic (exact) mass is 402 g/mol. The van der Waals surface area contributed by atoms with E-state index in [1.165, 1.54) is 11.1 Å². The van der Waals surface area contributed by atoms with Crippen LogP contribution in [0.3, 0.4) is 0 Å². The normalized spacial score (nSPS) is 15.5. The van der Waals surface area contributed by atoms with Crippen LogP contribution in [0.4, 0.5) is 0 Å². The van der Waals surface area contributed by atoms with Crippen LogP contribution in [-0.4, -0.2) is 51.7 Å². The first-order chi connectivity index (χ1) is 14.4. The fourth-order valence-corrected chi connectivity index (χ4v) is 4.05. The summed E-state index contributed by atoms with van der Waals surface area (Å²) in [7, 11) is 0. The van der Waals surface area contributed by atoms with E-state index in [1.54, 1.807) is 6.20 Å². The highest BCUT2D eigenvalue weighted by Crippen LogP contribution is 2.29. The second kappa shape index (κ2) is 8.44. The van der Waals surface area contributed by atoms with E-state index in [9.17, 15) is 4.79 Å². The van der Waals surface area contributed by atoms with Crippen LogP contribution < -0.4 is 0 Å². The number of rotatable bonds is 4. The van der Waals surface area contributed by atoms with Gasteiger partial charge in [0.15, 0.2) is 0 Å². The van der Waals surface area contributed by atoms with Gasteiger partial charge in [-0.25, -0.2) is 0 Å². The van der Waals surface area contributed by atoms with Crippen molar-refractivity contribution in [3.8, 4) is 0 Å². The fourth-order valence-electron chi connectivity index (χ4n) is 4.05. The molecule has 2 heterocycles. The zero-order valence-electron chi connectivity index (χ0n) is 18.0. The number of aromatic nitrogens is 2. The number of benzene rings is 2. The fraction of sp³-hybridized carbons (Fsp3) is 0.360. The van der Waals surface area contributed by atoms with Crippen molar-refractivity contribution in [1.82, 2.24) is 19.6 Å². The molecular weight excluding hydrogens is 372 g/mol. The van der Waals surface area contributed by atoms with Gasteiger partial charge in [-0.15, -0.1) is 0 Å². The van der Waals surface area contributed by atoms with Crippen molar-refractivity contribution in [3.63, 3.8) is 0 Å². The Labute approximate surface area is 178 Å². The molecule has 5 heteroatoms. The standard InChI is InChI=1S/C25H30N4O/c1-25(2,3)29-19-22(18-26-29)24(30)28-16-14-27(15-17-28)23(20-10-6-4-7-11-20)21-12-8-5-9-13-21/h4-13,18-19,23H,14-17H2,1-3H3. The maximum absolute atomic E-state index is 13.0. The number of nitrogens with zero attached hydrogens (tertiary/aromatic N) is 4. The van der Waals surface area contributed by atoms with Gasteiger partial charge in [0.25, 0.3) is 5.91 Å². The number of hydrogen-bond acceptors (Lipinski definition) is 3. The molecule has 1 amide bonds. The topological polar surface area (TPSA) is 41.4 Å². The summed E-state index contributed by atoms with van der Waals surface area (Å²) >= 11 is 0. The van der Waals surface area contributed by atoms with E-state index in [2.05, 4.69) is 91.4 Å². The van der Waals surface area contributed by atoms with Crippen LogP contribution >= 0.6 is 0 Å². The molecule has 156 valence electrons. The quantitative estimate of drug-likeness (QED) is 0.657. The molecule has 1 aliphatic rings. The third-order valence-corrected chi connectivity index (χ3v) is 5.71. The molecule has 1 aromatic heterocycles. The van der Waals surface area contributed by atoms with Crippen molar-refractivity contribution in [2.75, 3.05) is 26.2 Å². The summed E-state index contributed by atoms with van der Waals surface area (Å²) < 4.78 is 1.86. The van der Waals surface area contributed by atoms with Crippen LogP contribution in [0.25, 0.3) is 0 Å². The highest BCUT2D eigenvalue weighted by molar-refractivity contribution is 5.93. The van der Waals surface area contributed by atoms with Gasteiger partial charge in [0.1, 0.15) is 0 Å². The third kappa shape index (κ3) is 4.31. The predicted molar refractivity (Wildman–Crippen MR) is 119 cm³/mol. The summed E-state index contributed by atoms with van der Waals surface area (Å²) in [6, 6.07) is 21.5. The van der Waals surface area contributed by atoms with Gasteiger partial charge in [-0.1, -0.05) is 60.7 Å². The minimum Gasteiger partial charge on any atom is -0.336 e. The molecule has 0 saturated carbocycles. The maximum atomic E-state index is 13.0. The van der Waals surface area contributed by atoms with Crippen molar-refractivity contribution in [2.45, 2.75) is 32.4 Å². The SMILES string of the molecule is CC(C)(C)n1cc(C(=O)N2CCN(C(c3ccccc3)c3ccccc3)CC2)cn1. The number of hydrogen-bond donors (Lipinski definition) is 0. The van der Waals surface area contributed by atoms with Crippen LogP contribution in [0.15, 0.2) is 73.1 Å². The van der Waals surface area contributed by atoms with Gasteiger partial charge < -0.3 is 4.90 Å². The Balaban J connectivity index is 1.48. The van der Waals surface area contributed by atoms with Crippen molar-refractivity contribution in [1.29, 1.82) is 0 Å². The van der Waals surface area contributed by atoms with Crippen LogP contribution in [0.2, 0.25) is 0 Å². The van der Waals surface area contributed by atoms with Gasteiger partial charge in [0.2, 0.25) is 0 Å². The van der Waals surface area contributed by atoms with Gasteiger partial charge in [-0.05, 0) is 31.9 Å². The molecule has 1 saturated heterocycles. The Morgan fingerprint density at radius 3 is 1.87 bits per heavy atom. The van der Waals surface area contributed by atoms with E-state index >= 15 is 0 Å². The molecule has 0 N–H and O–H groups in total. The largest absolute Gasteiger partial charge is 0.336 e. The molecular formula is C25H30N4O. The molecule has 0 atom stereocenters. The van der Waals surface area contributed by atoms with Gasteiger partial charge >= 0.3 is 0 Å². The Morgan fingerprint density at radius 1 is 0.867 bits per heavy atom. The van der Waals surface area contributed by atoms with Crippen LogP contribution in [0.1, 0.15) is 48.3 Å². The van der Waals surface area contributed by atoms with E-state index in [1.807, 2.05) is 15.8 Å². The first-order valence-corrected chi connectivity index (χ1v) is 10.6. The second-order valence-corrected chi connectivity index (χ2v) is 8.90. The number of carbonyl (C=O) groups excluding carboxylic acids is 1. The molecule has 3 aromatic rings. The molecule has 2 aromatic carbocycles. The Kier molecular flexibility index (Phi) is 5.73. The first kappa shape index (κ1) is 20.4.